The van der Waals surface area contributed by atoms with Crippen LogP contribution in [0.1, 0.15) is 0 Å². The predicted octanol–water partition coefficient (Wildman–Crippen LogP) is 8.26. The maximum Gasteiger partial charge on any atom is 0.139 e. The van der Waals surface area contributed by atoms with Crippen LogP contribution in [0.2, 0.25) is 0 Å². The highest BCUT2D eigenvalue weighted by Gasteiger charge is 2.48. The highest BCUT2D eigenvalue weighted by Crippen LogP contribution is 2.79. The Bertz CT molecular complexity index is 1950. The summed E-state index contributed by atoms with van der Waals surface area (Å²) < 4.78 is 18.5. The summed E-state index contributed by atoms with van der Waals surface area (Å²) in [5, 5.41) is 7.43. The first-order valence-electron chi connectivity index (χ1n) is 14.2. The van der Waals surface area contributed by atoms with Crippen molar-refractivity contribution in [1.82, 2.24) is 0 Å². The maximum absolute atomic E-state index is 6.17. The van der Waals surface area contributed by atoms with E-state index in [0.29, 0.717) is 0 Å². The molecule has 6 aromatic rings. The lowest BCUT2D eigenvalue weighted by atomic mass is 10.1. The van der Waals surface area contributed by atoms with Gasteiger partial charge in [0.15, 0.2) is 0 Å². The monoisotopic (exact) mass is 593 g/mol. The summed E-state index contributed by atoms with van der Waals surface area (Å²) in [6, 6.07) is 57.1. The molecule has 3 nitrogen and oxygen atoms in total. The molecule has 6 aromatic carbocycles. The van der Waals surface area contributed by atoms with Gasteiger partial charge in [-0.1, -0.05) is 158 Å². The molecule has 0 aromatic heterocycles. The number of hydrogen-bond acceptors (Lipinski definition) is 3. The van der Waals surface area contributed by atoms with Gasteiger partial charge in [0, 0.05) is 31.8 Å². The lowest BCUT2D eigenvalue weighted by Crippen LogP contribution is -2.21. The number of nitrogens with zero attached hydrogens (tertiary/aromatic N) is 3. The van der Waals surface area contributed by atoms with Crippen LogP contribution < -0.4 is 31.8 Å². The normalized spacial score (nSPS) is 17.2. The summed E-state index contributed by atoms with van der Waals surface area (Å²) in [5.74, 6) is 0. The molecule has 0 radical (unpaired) electrons. The summed E-state index contributed by atoms with van der Waals surface area (Å²) in [6.07, 6.45) is 0. The zero-order chi connectivity index (χ0) is 27.8. The molecule has 0 saturated carbocycles. The number of fused-ring (bicyclic) bond motifs is 10. The van der Waals surface area contributed by atoms with Crippen LogP contribution in [0.3, 0.4) is 0 Å². The summed E-state index contributed by atoms with van der Waals surface area (Å²) in [7, 11) is -7.98. The minimum absolute atomic E-state index is 1.19. The van der Waals surface area contributed by atoms with Gasteiger partial charge in [-0.15, -0.1) is 0 Å². The zero-order valence-electron chi connectivity index (χ0n) is 22.7. The van der Waals surface area contributed by atoms with E-state index < -0.39 is 21.6 Å². The van der Waals surface area contributed by atoms with Gasteiger partial charge < -0.3 is 0 Å². The molecule has 0 aliphatic carbocycles. The molecule has 0 amide bonds. The Morgan fingerprint density at radius 2 is 0.524 bits per heavy atom. The SMILES string of the molecule is c1ccc(P2(c3ccccc3)=NP3(=NP4(=N2)c2ccccc2-c2ccccc24)c2ccccc2-c2ccccc23)cc1. The first-order chi connectivity index (χ1) is 20.8. The van der Waals surface area contributed by atoms with Gasteiger partial charge in [0.25, 0.3) is 0 Å². The third-order valence-corrected chi connectivity index (χ3v) is 21.0. The van der Waals surface area contributed by atoms with Crippen LogP contribution in [0.25, 0.3) is 22.3 Å². The summed E-state index contributed by atoms with van der Waals surface area (Å²) in [4.78, 5) is 0. The molecule has 42 heavy (non-hydrogen) atoms. The van der Waals surface area contributed by atoms with Crippen molar-refractivity contribution < 1.29 is 0 Å². The Balaban J connectivity index is 1.59. The van der Waals surface area contributed by atoms with E-state index in [9.17, 15) is 0 Å². The third kappa shape index (κ3) is 3.17. The van der Waals surface area contributed by atoms with Crippen LogP contribution in [-0.4, -0.2) is 0 Å². The van der Waals surface area contributed by atoms with Crippen LogP contribution in [0.4, 0.5) is 0 Å². The van der Waals surface area contributed by atoms with Crippen LogP contribution in [0.5, 0.6) is 0 Å². The highest BCUT2D eigenvalue weighted by atomic mass is 31.3. The van der Waals surface area contributed by atoms with Crippen molar-refractivity contribution in [3.05, 3.63) is 158 Å². The van der Waals surface area contributed by atoms with E-state index in [2.05, 4.69) is 158 Å². The average Bonchev–Trinajstić information content (AvgIpc) is 3.48. The largest absolute Gasteiger partial charge is 0.223 e. The Hall–Kier alpha value is -3.99. The highest BCUT2D eigenvalue weighted by molar-refractivity contribution is 8.01. The molecule has 9 rings (SSSR count). The van der Waals surface area contributed by atoms with E-state index >= 15 is 0 Å². The number of rotatable bonds is 2. The van der Waals surface area contributed by atoms with Crippen molar-refractivity contribution in [3.8, 4) is 22.3 Å². The van der Waals surface area contributed by atoms with E-state index in [-0.39, 0.29) is 0 Å². The first-order valence-corrected chi connectivity index (χ1v) is 19.3. The third-order valence-electron chi connectivity index (χ3n) is 8.55. The fourth-order valence-electron chi connectivity index (χ4n) is 6.78. The smallest absolute Gasteiger partial charge is 0.139 e. The van der Waals surface area contributed by atoms with E-state index in [1.54, 1.807) is 0 Å². The fourth-order valence-corrected chi connectivity index (χ4v) is 22.7. The molecule has 0 N–H and O–H groups in total. The Kier molecular flexibility index (Phi) is 5.27. The van der Waals surface area contributed by atoms with Crippen molar-refractivity contribution in [2.45, 2.75) is 0 Å². The summed E-state index contributed by atoms with van der Waals surface area (Å²) >= 11 is 0. The van der Waals surface area contributed by atoms with Gasteiger partial charge >= 0.3 is 0 Å². The summed E-state index contributed by atoms with van der Waals surface area (Å²) in [6.45, 7) is 0. The van der Waals surface area contributed by atoms with Crippen molar-refractivity contribution in [2.24, 2.45) is 13.5 Å². The molecule has 0 unspecified atom stereocenters. The lowest BCUT2D eigenvalue weighted by Gasteiger charge is -2.36. The number of benzene rings is 6. The quantitative estimate of drug-likeness (QED) is 0.181. The van der Waals surface area contributed by atoms with Gasteiger partial charge in [-0.3, -0.25) is 0 Å². The molecule has 0 fully saturated rings. The van der Waals surface area contributed by atoms with Crippen LogP contribution in [0.15, 0.2) is 171 Å². The van der Waals surface area contributed by atoms with Crippen LogP contribution >= 0.6 is 21.6 Å². The van der Waals surface area contributed by atoms with Gasteiger partial charge in [-0.25, -0.2) is 13.5 Å². The van der Waals surface area contributed by atoms with Crippen molar-refractivity contribution in [2.75, 3.05) is 0 Å². The first kappa shape index (κ1) is 24.6. The second-order valence-corrected chi connectivity index (χ2v) is 19.5. The second-order valence-electron chi connectivity index (χ2n) is 10.8. The van der Waals surface area contributed by atoms with Gasteiger partial charge in [-0.05, 0) is 22.3 Å². The number of hydrogen-bond donors (Lipinski definition) is 0. The molecule has 0 atom stereocenters. The molecule has 3 heterocycles. The Labute approximate surface area is 246 Å². The van der Waals surface area contributed by atoms with Crippen molar-refractivity contribution in [3.63, 3.8) is 0 Å². The summed E-state index contributed by atoms with van der Waals surface area (Å²) in [5.41, 5.74) is 5.03. The van der Waals surface area contributed by atoms with Crippen LogP contribution in [-0.2, 0) is 0 Å². The lowest BCUT2D eigenvalue weighted by molar-refractivity contribution is 1.65. The molecule has 3 aliphatic heterocycles. The molecule has 200 valence electrons. The van der Waals surface area contributed by atoms with Crippen LogP contribution in [0, 0.1) is 0 Å². The minimum atomic E-state index is -2.69. The fraction of sp³-hybridized carbons (Fsp3) is 0. The zero-order valence-corrected chi connectivity index (χ0v) is 25.4. The van der Waals surface area contributed by atoms with E-state index in [1.165, 1.54) is 54.1 Å². The molecule has 2 spiro atoms. The average molecular weight is 594 g/mol. The maximum atomic E-state index is 6.17. The Morgan fingerprint density at radius 3 is 0.881 bits per heavy atom. The van der Waals surface area contributed by atoms with Crippen molar-refractivity contribution >= 4 is 53.4 Å². The standard InChI is InChI=1S/C36H26N3P3/c1-3-15-27(16-4-1)40(28-17-5-2-6-18-28)37-41(33-23-11-7-19-29(33)30-20-8-12-24-34(30)41)39-42(38-40)35-25-13-9-21-31(35)32-22-10-14-26-36(32)42/h1-26H. The topological polar surface area (TPSA) is 37.1 Å². The van der Waals surface area contributed by atoms with E-state index in [4.69, 9.17) is 13.5 Å². The van der Waals surface area contributed by atoms with Gasteiger partial charge in [0.2, 0.25) is 0 Å². The van der Waals surface area contributed by atoms with Gasteiger partial charge in [-0.2, -0.15) is 0 Å². The second kappa shape index (κ2) is 9.00. The van der Waals surface area contributed by atoms with E-state index in [1.807, 2.05) is 0 Å². The molecule has 0 bridgehead atoms. The van der Waals surface area contributed by atoms with Gasteiger partial charge in [0.05, 0.1) is 0 Å². The van der Waals surface area contributed by atoms with Gasteiger partial charge in [0.1, 0.15) is 21.6 Å². The molecule has 3 aliphatic rings. The predicted molar refractivity (Wildman–Crippen MR) is 182 cm³/mol. The molecular weight excluding hydrogens is 567 g/mol. The molecule has 0 saturated heterocycles. The molecular formula is C36H26N3P3. The van der Waals surface area contributed by atoms with Crippen molar-refractivity contribution in [1.29, 1.82) is 0 Å². The molecule has 6 heteroatoms. The van der Waals surface area contributed by atoms with E-state index in [0.717, 1.165) is 0 Å². The minimum Gasteiger partial charge on any atom is -0.223 e. The Morgan fingerprint density at radius 1 is 0.262 bits per heavy atom.